The van der Waals surface area contributed by atoms with Gasteiger partial charge < -0.3 is 5.11 Å². The van der Waals surface area contributed by atoms with Gasteiger partial charge in [0.05, 0.1) is 17.1 Å². The van der Waals surface area contributed by atoms with E-state index in [1.54, 1.807) is 38.1 Å². The molecule has 2 rings (SSSR count). The Hall–Kier alpha value is -1.30. The molecule has 0 saturated carbocycles. The zero-order chi connectivity index (χ0) is 15.6. The van der Waals surface area contributed by atoms with Crippen LogP contribution in [-0.4, -0.2) is 40.2 Å². The maximum atomic E-state index is 12.6. The Labute approximate surface area is 132 Å². The molecule has 0 fully saturated rings. The summed E-state index contributed by atoms with van der Waals surface area (Å²) in [5, 5.41) is 9.55. The van der Waals surface area contributed by atoms with E-state index in [-0.39, 0.29) is 24.5 Å². The van der Waals surface area contributed by atoms with Crippen LogP contribution in [0.15, 0.2) is 29.2 Å². The minimum Gasteiger partial charge on any atom is -0.396 e. The molecule has 21 heavy (non-hydrogen) atoms. The molecule has 1 heterocycles. The second kappa shape index (κ2) is 6.64. The van der Waals surface area contributed by atoms with Gasteiger partial charge in [-0.15, -0.1) is 11.8 Å². The first-order valence-electron chi connectivity index (χ1n) is 6.59. The summed E-state index contributed by atoms with van der Waals surface area (Å²) in [5.41, 5.74) is 1.06. The average molecular weight is 326 g/mol. The van der Waals surface area contributed by atoms with Crippen molar-refractivity contribution in [3.63, 3.8) is 0 Å². The van der Waals surface area contributed by atoms with Gasteiger partial charge in [0.25, 0.3) is 11.8 Å². The number of halogens is 1. The van der Waals surface area contributed by atoms with Crippen LogP contribution in [0.4, 0.5) is 0 Å². The highest BCUT2D eigenvalue weighted by Gasteiger charge is 2.40. The molecule has 0 atom stereocenters. The number of carbonyl (C=O) groups is 2. The fourth-order valence-corrected chi connectivity index (χ4v) is 3.14. The smallest absolute Gasteiger partial charge is 0.268 e. The first kappa shape index (κ1) is 16.1. The molecule has 2 amide bonds. The third kappa shape index (κ3) is 3.15. The molecule has 1 aromatic rings. The predicted octanol–water partition coefficient (Wildman–Crippen LogP) is 2.55. The number of aliphatic hydroxyl groups excluding tert-OH is 1. The SMILES string of the molecule is CC(C)N1C(=O)C(SCCO)=C(c2ccc(Cl)cc2)C1=O. The lowest BCUT2D eigenvalue weighted by molar-refractivity contribution is -0.138. The second-order valence-electron chi connectivity index (χ2n) is 4.86. The molecule has 6 heteroatoms. The maximum absolute atomic E-state index is 12.6. The number of aliphatic hydroxyl groups is 1. The van der Waals surface area contributed by atoms with Gasteiger partial charge in [-0.3, -0.25) is 14.5 Å². The number of hydrogen-bond acceptors (Lipinski definition) is 4. The van der Waals surface area contributed by atoms with Crippen LogP contribution in [0.2, 0.25) is 5.02 Å². The van der Waals surface area contributed by atoms with Crippen LogP contribution in [0.1, 0.15) is 19.4 Å². The molecule has 1 aromatic carbocycles. The first-order valence-corrected chi connectivity index (χ1v) is 7.95. The molecule has 1 N–H and O–H groups in total. The molecule has 1 aliphatic rings. The number of carbonyl (C=O) groups excluding carboxylic acids is 2. The number of hydrogen-bond donors (Lipinski definition) is 1. The van der Waals surface area contributed by atoms with E-state index in [1.165, 1.54) is 16.7 Å². The molecule has 0 aromatic heterocycles. The summed E-state index contributed by atoms with van der Waals surface area (Å²) in [6, 6.07) is 6.62. The number of nitrogens with zero attached hydrogens (tertiary/aromatic N) is 1. The van der Waals surface area contributed by atoms with Crippen LogP contribution < -0.4 is 0 Å². The third-order valence-corrected chi connectivity index (χ3v) is 4.37. The van der Waals surface area contributed by atoms with Crippen molar-refractivity contribution in [3.05, 3.63) is 39.8 Å². The topological polar surface area (TPSA) is 57.6 Å². The molecule has 0 aliphatic carbocycles. The van der Waals surface area contributed by atoms with E-state index in [0.29, 0.717) is 26.8 Å². The van der Waals surface area contributed by atoms with Crippen LogP contribution in [-0.2, 0) is 9.59 Å². The van der Waals surface area contributed by atoms with Gasteiger partial charge in [0.15, 0.2) is 0 Å². The largest absolute Gasteiger partial charge is 0.396 e. The molecular formula is C15H16ClNO3S. The zero-order valence-electron chi connectivity index (χ0n) is 11.8. The van der Waals surface area contributed by atoms with E-state index < -0.39 is 0 Å². The molecule has 1 aliphatic heterocycles. The molecule has 0 radical (unpaired) electrons. The average Bonchev–Trinajstić information content (AvgIpc) is 2.68. The Balaban J connectivity index is 2.48. The summed E-state index contributed by atoms with van der Waals surface area (Å²) in [4.78, 5) is 26.6. The van der Waals surface area contributed by atoms with Crippen molar-refractivity contribution >= 4 is 40.8 Å². The van der Waals surface area contributed by atoms with E-state index in [9.17, 15) is 9.59 Å². The summed E-state index contributed by atoms with van der Waals surface area (Å²) in [6.07, 6.45) is 0. The van der Waals surface area contributed by atoms with Gasteiger partial charge >= 0.3 is 0 Å². The lowest BCUT2D eigenvalue weighted by Crippen LogP contribution is -2.37. The van der Waals surface area contributed by atoms with Gasteiger partial charge in [-0.25, -0.2) is 0 Å². The third-order valence-electron chi connectivity index (χ3n) is 3.06. The number of benzene rings is 1. The number of amides is 2. The molecule has 112 valence electrons. The van der Waals surface area contributed by atoms with Crippen molar-refractivity contribution < 1.29 is 14.7 Å². The number of thioether (sulfide) groups is 1. The highest BCUT2D eigenvalue weighted by Crippen LogP contribution is 2.37. The summed E-state index contributed by atoms with van der Waals surface area (Å²) in [5.74, 6) is -0.214. The molecule has 0 bridgehead atoms. The molecule has 0 saturated heterocycles. The minimum atomic E-state index is -0.294. The number of imide groups is 1. The van der Waals surface area contributed by atoms with E-state index in [1.807, 2.05) is 0 Å². The van der Waals surface area contributed by atoms with Crippen molar-refractivity contribution in [2.75, 3.05) is 12.4 Å². The maximum Gasteiger partial charge on any atom is 0.268 e. The fourth-order valence-electron chi connectivity index (χ4n) is 2.15. The van der Waals surface area contributed by atoms with Gasteiger partial charge in [0, 0.05) is 16.8 Å². The van der Waals surface area contributed by atoms with Crippen molar-refractivity contribution in [2.24, 2.45) is 0 Å². The van der Waals surface area contributed by atoms with E-state index in [0.717, 1.165) is 0 Å². The monoisotopic (exact) mass is 325 g/mol. The zero-order valence-corrected chi connectivity index (χ0v) is 13.4. The van der Waals surface area contributed by atoms with Gasteiger partial charge in [-0.05, 0) is 31.5 Å². The standard InChI is InChI=1S/C15H16ClNO3S/c1-9(2)17-14(19)12(10-3-5-11(16)6-4-10)13(15(17)20)21-8-7-18/h3-6,9,18H,7-8H2,1-2H3. The highest BCUT2D eigenvalue weighted by molar-refractivity contribution is 8.04. The van der Waals surface area contributed by atoms with Crippen molar-refractivity contribution in [1.82, 2.24) is 4.90 Å². The summed E-state index contributed by atoms with van der Waals surface area (Å²) >= 11 is 7.07. The summed E-state index contributed by atoms with van der Waals surface area (Å²) < 4.78 is 0. The van der Waals surface area contributed by atoms with E-state index >= 15 is 0 Å². The van der Waals surface area contributed by atoms with Gasteiger partial charge in [-0.1, -0.05) is 23.7 Å². The Bertz CT molecular complexity index is 595. The van der Waals surface area contributed by atoms with Crippen LogP contribution >= 0.6 is 23.4 Å². The quantitative estimate of drug-likeness (QED) is 0.845. The van der Waals surface area contributed by atoms with Gasteiger partial charge in [-0.2, -0.15) is 0 Å². The van der Waals surface area contributed by atoms with Crippen LogP contribution in [0, 0.1) is 0 Å². The Morgan fingerprint density at radius 3 is 2.33 bits per heavy atom. The van der Waals surface area contributed by atoms with Gasteiger partial charge in [0.1, 0.15) is 0 Å². The van der Waals surface area contributed by atoms with Crippen molar-refractivity contribution in [3.8, 4) is 0 Å². The lowest BCUT2D eigenvalue weighted by Gasteiger charge is -2.19. The van der Waals surface area contributed by atoms with E-state index in [4.69, 9.17) is 16.7 Å². The van der Waals surface area contributed by atoms with Crippen molar-refractivity contribution in [1.29, 1.82) is 0 Å². The number of rotatable bonds is 5. The molecule has 0 spiro atoms. The Morgan fingerprint density at radius 2 is 1.81 bits per heavy atom. The summed E-state index contributed by atoms with van der Waals surface area (Å²) in [7, 11) is 0. The Morgan fingerprint density at radius 1 is 1.19 bits per heavy atom. The Kier molecular flexibility index (Phi) is 5.08. The molecule has 4 nitrogen and oxygen atoms in total. The van der Waals surface area contributed by atoms with E-state index in [2.05, 4.69) is 0 Å². The van der Waals surface area contributed by atoms with Crippen LogP contribution in [0.25, 0.3) is 5.57 Å². The van der Waals surface area contributed by atoms with Crippen LogP contribution in [0.3, 0.4) is 0 Å². The van der Waals surface area contributed by atoms with Gasteiger partial charge in [0.2, 0.25) is 0 Å². The highest BCUT2D eigenvalue weighted by atomic mass is 35.5. The predicted molar refractivity (Wildman–Crippen MR) is 84.9 cm³/mol. The lowest BCUT2D eigenvalue weighted by atomic mass is 10.1. The molecule has 0 unspecified atom stereocenters. The summed E-state index contributed by atoms with van der Waals surface area (Å²) in [6.45, 7) is 3.55. The van der Waals surface area contributed by atoms with Crippen LogP contribution in [0.5, 0.6) is 0 Å². The fraction of sp³-hybridized carbons (Fsp3) is 0.333. The minimum absolute atomic E-state index is 0.0504. The first-order chi connectivity index (χ1) is 9.97. The second-order valence-corrected chi connectivity index (χ2v) is 6.40. The van der Waals surface area contributed by atoms with Crippen molar-refractivity contribution in [2.45, 2.75) is 19.9 Å². The molecular weight excluding hydrogens is 310 g/mol. The normalized spacial score (nSPS) is 15.6.